The molecule has 3 amide bonds. The number of benzene rings is 2. The highest BCUT2D eigenvalue weighted by Crippen LogP contribution is 2.31. The predicted molar refractivity (Wildman–Crippen MR) is 102 cm³/mol. The van der Waals surface area contributed by atoms with Gasteiger partial charge < -0.3 is 19.9 Å². The number of rotatable bonds is 6. The predicted octanol–water partition coefficient (Wildman–Crippen LogP) is 2.04. The van der Waals surface area contributed by atoms with Gasteiger partial charge in [-0.2, -0.15) is 0 Å². The van der Waals surface area contributed by atoms with E-state index in [2.05, 4.69) is 5.32 Å². The summed E-state index contributed by atoms with van der Waals surface area (Å²) in [6.45, 7) is -0.0209. The van der Waals surface area contributed by atoms with Crippen LogP contribution in [0.25, 0.3) is 0 Å². The van der Waals surface area contributed by atoms with Gasteiger partial charge in [-0.1, -0.05) is 12.1 Å². The van der Waals surface area contributed by atoms with E-state index in [0.717, 1.165) is 0 Å². The lowest BCUT2D eigenvalue weighted by molar-refractivity contribution is -0.133. The summed E-state index contributed by atoms with van der Waals surface area (Å²) in [7, 11) is 1.52. The maximum absolute atomic E-state index is 12.9. The number of hydrogen-bond acceptors (Lipinski definition) is 4. The smallest absolute Gasteiger partial charge is 0.265 e. The average molecular weight is 385 g/mol. The van der Waals surface area contributed by atoms with Crippen LogP contribution in [0.5, 0.6) is 5.75 Å². The number of nitrogens with one attached hydrogen (secondary N) is 1. The molecule has 1 N–H and O–H groups in total. The van der Waals surface area contributed by atoms with Gasteiger partial charge in [-0.25, -0.2) is 4.39 Å². The van der Waals surface area contributed by atoms with Crippen molar-refractivity contribution in [2.75, 3.05) is 37.0 Å². The number of hydrogen-bond donors (Lipinski definition) is 1. The summed E-state index contributed by atoms with van der Waals surface area (Å²) < 4.78 is 18.3. The van der Waals surface area contributed by atoms with Crippen molar-refractivity contribution in [2.24, 2.45) is 0 Å². The van der Waals surface area contributed by atoms with Crippen LogP contribution in [0.1, 0.15) is 6.42 Å². The largest absolute Gasteiger partial charge is 0.482 e. The van der Waals surface area contributed by atoms with Crippen molar-refractivity contribution in [2.45, 2.75) is 6.42 Å². The molecule has 0 saturated heterocycles. The number of likely N-dealkylation sites (N-methyl/N-ethyl adjacent to an activating group) is 1. The maximum Gasteiger partial charge on any atom is 0.265 e. The van der Waals surface area contributed by atoms with Crippen molar-refractivity contribution in [3.05, 3.63) is 54.3 Å². The van der Waals surface area contributed by atoms with Crippen LogP contribution in [0.2, 0.25) is 0 Å². The Morgan fingerprint density at radius 3 is 2.64 bits per heavy atom. The van der Waals surface area contributed by atoms with Gasteiger partial charge in [0.1, 0.15) is 11.6 Å². The Kier molecular flexibility index (Phi) is 5.88. The molecule has 0 radical (unpaired) electrons. The molecule has 0 fully saturated rings. The van der Waals surface area contributed by atoms with E-state index in [0.29, 0.717) is 17.1 Å². The summed E-state index contributed by atoms with van der Waals surface area (Å²) in [5.74, 6) is -0.685. The first-order valence-corrected chi connectivity index (χ1v) is 8.75. The molecule has 0 aliphatic carbocycles. The molecule has 0 spiro atoms. The van der Waals surface area contributed by atoms with Gasteiger partial charge in [0, 0.05) is 25.7 Å². The van der Waals surface area contributed by atoms with E-state index in [1.54, 1.807) is 18.2 Å². The van der Waals surface area contributed by atoms with Crippen LogP contribution in [-0.4, -0.2) is 49.4 Å². The number of carbonyl (C=O) groups is 3. The molecule has 2 aromatic carbocycles. The molecule has 1 aliphatic rings. The second-order valence-electron chi connectivity index (χ2n) is 6.36. The molecule has 1 heterocycles. The first kappa shape index (κ1) is 19.3. The molecule has 0 atom stereocenters. The van der Waals surface area contributed by atoms with E-state index in [9.17, 15) is 18.8 Å². The van der Waals surface area contributed by atoms with E-state index in [-0.39, 0.29) is 37.9 Å². The van der Waals surface area contributed by atoms with Crippen molar-refractivity contribution in [1.82, 2.24) is 4.90 Å². The monoisotopic (exact) mass is 385 g/mol. The van der Waals surface area contributed by atoms with Gasteiger partial charge in [0.05, 0.1) is 12.2 Å². The van der Waals surface area contributed by atoms with Crippen LogP contribution in [0.15, 0.2) is 48.5 Å². The average Bonchev–Trinajstić information content (AvgIpc) is 2.68. The number of anilines is 2. The van der Waals surface area contributed by atoms with Crippen molar-refractivity contribution in [3.8, 4) is 5.75 Å². The molecule has 0 saturated carbocycles. The van der Waals surface area contributed by atoms with Gasteiger partial charge in [0.25, 0.3) is 5.91 Å². The van der Waals surface area contributed by atoms with Crippen LogP contribution in [-0.2, 0) is 14.4 Å². The highest BCUT2D eigenvalue weighted by Gasteiger charge is 2.26. The normalized spacial score (nSPS) is 12.8. The van der Waals surface area contributed by atoms with E-state index >= 15 is 0 Å². The van der Waals surface area contributed by atoms with Gasteiger partial charge >= 0.3 is 0 Å². The lowest BCUT2D eigenvalue weighted by Crippen LogP contribution is -2.42. The molecular weight excluding hydrogens is 365 g/mol. The summed E-state index contributed by atoms with van der Waals surface area (Å²) in [5, 5.41) is 2.60. The second-order valence-corrected chi connectivity index (χ2v) is 6.36. The second kappa shape index (κ2) is 8.51. The minimum absolute atomic E-state index is 0.0683. The third-order valence-electron chi connectivity index (χ3n) is 4.29. The minimum Gasteiger partial charge on any atom is -0.482 e. The molecule has 146 valence electrons. The van der Waals surface area contributed by atoms with Crippen molar-refractivity contribution < 1.29 is 23.5 Å². The fraction of sp³-hybridized carbons (Fsp3) is 0.250. The number of nitrogens with zero attached hydrogens (tertiary/aromatic N) is 2. The molecule has 0 bridgehead atoms. The number of ether oxygens (including phenoxy) is 1. The lowest BCUT2D eigenvalue weighted by atomic mass is 10.2. The summed E-state index contributed by atoms with van der Waals surface area (Å²) in [6.07, 6.45) is 0.0698. The van der Waals surface area contributed by atoms with Crippen LogP contribution in [0.3, 0.4) is 0 Å². The summed E-state index contributed by atoms with van der Waals surface area (Å²) in [6, 6.07) is 12.5. The molecule has 3 rings (SSSR count). The lowest BCUT2D eigenvalue weighted by Gasteiger charge is -2.29. The SMILES string of the molecule is CN(CC(=O)Nc1ccc(F)cc1)C(=O)CCN1C(=O)COc2ccccc21. The summed E-state index contributed by atoms with van der Waals surface area (Å²) in [4.78, 5) is 39.4. The Morgan fingerprint density at radius 2 is 1.89 bits per heavy atom. The number of para-hydroxylation sites is 2. The molecule has 8 heteroatoms. The quantitative estimate of drug-likeness (QED) is 0.825. The van der Waals surface area contributed by atoms with Gasteiger partial charge in [-0.05, 0) is 36.4 Å². The zero-order valence-electron chi connectivity index (χ0n) is 15.4. The van der Waals surface area contributed by atoms with E-state index < -0.39 is 11.7 Å². The van der Waals surface area contributed by atoms with E-state index in [1.807, 2.05) is 6.07 Å². The molecule has 2 aromatic rings. The number of halogens is 1. The first-order valence-electron chi connectivity index (χ1n) is 8.75. The van der Waals surface area contributed by atoms with Crippen LogP contribution in [0.4, 0.5) is 15.8 Å². The molecular formula is C20H20FN3O4. The third-order valence-corrected chi connectivity index (χ3v) is 4.29. The fourth-order valence-corrected chi connectivity index (χ4v) is 2.83. The minimum atomic E-state index is -0.399. The Labute approximate surface area is 161 Å². The molecule has 7 nitrogen and oxygen atoms in total. The van der Waals surface area contributed by atoms with Crippen LogP contribution in [0, 0.1) is 5.82 Å². The summed E-state index contributed by atoms with van der Waals surface area (Å²) >= 11 is 0. The van der Waals surface area contributed by atoms with E-state index in [4.69, 9.17) is 4.74 Å². The van der Waals surface area contributed by atoms with Crippen molar-refractivity contribution >= 4 is 29.1 Å². The molecule has 0 aromatic heterocycles. The fourth-order valence-electron chi connectivity index (χ4n) is 2.83. The first-order chi connectivity index (χ1) is 13.4. The molecule has 1 aliphatic heterocycles. The van der Waals surface area contributed by atoms with Crippen LogP contribution < -0.4 is 15.0 Å². The number of amides is 3. The Morgan fingerprint density at radius 1 is 1.18 bits per heavy atom. The highest BCUT2D eigenvalue weighted by atomic mass is 19.1. The van der Waals surface area contributed by atoms with Gasteiger partial charge in [0.15, 0.2) is 6.61 Å². The zero-order chi connectivity index (χ0) is 20.1. The van der Waals surface area contributed by atoms with Crippen molar-refractivity contribution in [3.63, 3.8) is 0 Å². The van der Waals surface area contributed by atoms with E-state index in [1.165, 1.54) is 41.1 Å². The van der Waals surface area contributed by atoms with Crippen molar-refractivity contribution in [1.29, 1.82) is 0 Å². The highest BCUT2D eigenvalue weighted by molar-refractivity contribution is 5.98. The van der Waals surface area contributed by atoms with Crippen LogP contribution >= 0.6 is 0 Å². The van der Waals surface area contributed by atoms with Gasteiger partial charge in [-0.15, -0.1) is 0 Å². The topological polar surface area (TPSA) is 79.0 Å². The Hall–Kier alpha value is -3.42. The molecule has 28 heavy (non-hydrogen) atoms. The number of carbonyl (C=O) groups excluding carboxylic acids is 3. The van der Waals surface area contributed by atoms with Gasteiger partial charge in [-0.3, -0.25) is 14.4 Å². The van der Waals surface area contributed by atoms with Gasteiger partial charge in [0.2, 0.25) is 11.8 Å². The zero-order valence-corrected chi connectivity index (χ0v) is 15.4. The number of fused-ring (bicyclic) bond motifs is 1. The molecule has 0 unspecified atom stereocenters. The Bertz CT molecular complexity index is 885. The maximum atomic E-state index is 12.9. The standard InChI is InChI=1S/C20H20FN3O4/c1-23(12-18(25)22-15-8-6-14(21)7-9-15)19(26)10-11-24-16-4-2-3-5-17(16)28-13-20(24)27/h2-9H,10-13H2,1H3,(H,22,25). The third kappa shape index (κ3) is 4.64. The summed E-state index contributed by atoms with van der Waals surface area (Å²) in [5.41, 5.74) is 1.08. The Balaban J connectivity index is 1.52.